The number of unbranched alkanes of at least 4 members (excludes halogenated alkanes) is 1. The molecule has 0 saturated heterocycles. The van der Waals surface area contributed by atoms with E-state index in [0.717, 1.165) is 12.5 Å². The maximum Gasteiger partial charge on any atom is 1.00 e. The molecule has 0 unspecified atom stereocenters. The SMILES string of the molecule is C=CC(=O)OCC.[CH2-]CCC.[Li+]. The second kappa shape index (κ2) is 17.1. The molecule has 0 aromatic rings. The van der Waals surface area contributed by atoms with Gasteiger partial charge in [-0.15, -0.1) is 0 Å². The van der Waals surface area contributed by atoms with Gasteiger partial charge < -0.3 is 11.7 Å². The first-order valence-corrected chi connectivity index (χ1v) is 3.81. The summed E-state index contributed by atoms with van der Waals surface area (Å²) in [5.74, 6) is -0.359. The van der Waals surface area contributed by atoms with E-state index in [-0.39, 0.29) is 24.8 Å². The second-order valence-corrected chi connectivity index (χ2v) is 1.81. The number of hydrogen-bond acceptors (Lipinski definition) is 2. The Balaban J connectivity index is -0.000000142. The Labute approximate surface area is 87.5 Å². The van der Waals surface area contributed by atoms with E-state index in [2.05, 4.69) is 25.2 Å². The summed E-state index contributed by atoms with van der Waals surface area (Å²) in [7, 11) is 0. The standard InChI is InChI=1S/C5H8O2.C4H9.Li/c1-3-5(6)7-4-2;1-3-4-2;/h3H,1,4H2,2H3;1,3-4H2,2H3;/q;-1;+1. The molecule has 0 aliphatic carbocycles. The van der Waals surface area contributed by atoms with Crippen molar-refractivity contribution in [2.24, 2.45) is 0 Å². The molecule has 3 heteroatoms. The molecule has 0 amide bonds. The Morgan fingerprint density at radius 3 is 2.08 bits per heavy atom. The average Bonchev–Trinajstić information content (AvgIpc) is 2.05. The smallest absolute Gasteiger partial charge is 0.463 e. The van der Waals surface area contributed by atoms with Crippen LogP contribution in [-0.2, 0) is 9.53 Å². The summed E-state index contributed by atoms with van der Waals surface area (Å²) in [6.07, 6.45) is 3.42. The van der Waals surface area contributed by atoms with E-state index in [1.807, 2.05) is 0 Å². The molecule has 0 heterocycles. The Kier molecular flexibility index (Phi) is 25.3. The molecule has 0 radical (unpaired) electrons. The van der Waals surface area contributed by atoms with Crippen LogP contribution in [0.1, 0.15) is 26.7 Å². The van der Waals surface area contributed by atoms with Crippen molar-refractivity contribution in [3.8, 4) is 0 Å². The third kappa shape index (κ3) is 22.6. The Hall–Kier alpha value is -0.193. The molecule has 0 aromatic carbocycles. The maximum atomic E-state index is 10.1. The zero-order chi connectivity index (χ0) is 9.11. The van der Waals surface area contributed by atoms with Gasteiger partial charge in [0, 0.05) is 6.08 Å². The van der Waals surface area contributed by atoms with E-state index < -0.39 is 0 Å². The molecule has 0 saturated carbocycles. The van der Waals surface area contributed by atoms with Crippen molar-refractivity contribution in [3.05, 3.63) is 19.6 Å². The van der Waals surface area contributed by atoms with Gasteiger partial charge in [-0.1, -0.05) is 19.9 Å². The minimum atomic E-state index is -0.359. The summed E-state index contributed by atoms with van der Waals surface area (Å²) < 4.78 is 4.43. The molecular weight excluding hydrogens is 147 g/mol. The fourth-order valence-corrected chi connectivity index (χ4v) is 0.201. The predicted molar refractivity (Wildman–Crippen MR) is 47.1 cm³/mol. The van der Waals surface area contributed by atoms with Crippen LogP contribution in [0.5, 0.6) is 0 Å². The molecule has 0 fully saturated rings. The van der Waals surface area contributed by atoms with Crippen molar-refractivity contribution in [2.75, 3.05) is 6.61 Å². The monoisotopic (exact) mass is 164 g/mol. The largest absolute Gasteiger partial charge is 1.00 e. The van der Waals surface area contributed by atoms with E-state index in [9.17, 15) is 4.79 Å². The van der Waals surface area contributed by atoms with E-state index in [1.165, 1.54) is 6.42 Å². The van der Waals surface area contributed by atoms with Gasteiger partial charge in [-0.3, -0.25) is 0 Å². The van der Waals surface area contributed by atoms with Gasteiger partial charge in [0.1, 0.15) is 0 Å². The predicted octanol–water partition coefficient (Wildman–Crippen LogP) is -0.640. The Morgan fingerprint density at radius 1 is 1.58 bits per heavy atom. The number of carbonyl (C=O) groups is 1. The number of ether oxygens (including phenoxy) is 1. The topological polar surface area (TPSA) is 26.3 Å². The molecule has 0 rings (SSSR count). The van der Waals surface area contributed by atoms with Crippen molar-refractivity contribution in [2.45, 2.75) is 26.7 Å². The fourth-order valence-electron chi connectivity index (χ4n) is 0.201. The molecule has 0 spiro atoms. The first kappa shape index (κ1) is 17.8. The van der Waals surface area contributed by atoms with Gasteiger partial charge in [-0.2, -0.15) is 6.42 Å². The fraction of sp³-hybridized carbons (Fsp3) is 0.556. The van der Waals surface area contributed by atoms with Gasteiger partial charge in [0.25, 0.3) is 0 Å². The molecule has 0 aliphatic rings. The zero-order valence-corrected chi connectivity index (χ0v) is 8.43. The summed E-state index contributed by atoms with van der Waals surface area (Å²) >= 11 is 0. The van der Waals surface area contributed by atoms with Crippen LogP contribution in [0, 0.1) is 6.92 Å². The number of hydrogen-bond donors (Lipinski definition) is 0. The first-order valence-electron chi connectivity index (χ1n) is 3.81. The summed E-state index contributed by atoms with van der Waals surface area (Å²) in [6.45, 7) is 11.1. The summed E-state index contributed by atoms with van der Waals surface area (Å²) in [5.41, 5.74) is 0. The number of rotatable bonds is 3. The van der Waals surface area contributed by atoms with Crippen LogP contribution >= 0.6 is 0 Å². The quantitative estimate of drug-likeness (QED) is 0.240. The van der Waals surface area contributed by atoms with Gasteiger partial charge in [0.2, 0.25) is 0 Å². The zero-order valence-electron chi connectivity index (χ0n) is 8.43. The van der Waals surface area contributed by atoms with Crippen molar-refractivity contribution >= 4 is 5.97 Å². The van der Waals surface area contributed by atoms with Crippen molar-refractivity contribution in [3.63, 3.8) is 0 Å². The normalized spacial score (nSPS) is 6.92. The van der Waals surface area contributed by atoms with Crippen LogP contribution in [0.15, 0.2) is 12.7 Å². The molecule has 0 N–H and O–H groups in total. The van der Waals surface area contributed by atoms with Crippen molar-refractivity contribution in [1.82, 2.24) is 0 Å². The molecule has 0 aromatic heterocycles. The molecule has 0 bridgehead atoms. The molecular formula is C9H17LiO2. The van der Waals surface area contributed by atoms with Gasteiger partial charge in [0.15, 0.2) is 0 Å². The summed E-state index contributed by atoms with van der Waals surface area (Å²) in [5, 5.41) is 0. The van der Waals surface area contributed by atoms with Gasteiger partial charge in [0.05, 0.1) is 6.61 Å². The molecule has 66 valence electrons. The minimum absolute atomic E-state index is 0. The average molecular weight is 164 g/mol. The molecule has 12 heavy (non-hydrogen) atoms. The summed E-state index contributed by atoms with van der Waals surface area (Å²) in [6, 6.07) is 0. The molecule has 0 atom stereocenters. The van der Waals surface area contributed by atoms with Crippen molar-refractivity contribution < 1.29 is 28.4 Å². The van der Waals surface area contributed by atoms with Crippen LogP contribution in [-0.4, -0.2) is 12.6 Å². The van der Waals surface area contributed by atoms with Crippen LogP contribution in [0.25, 0.3) is 0 Å². The Morgan fingerprint density at radius 2 is 2.00 bits per heavy atom. The van der Waals surface area contributed by atoms with E-state index in [1.54, 1.807) is 6.92 Å². The molecule has 0 aliphatic heterocycles. The second-order valence-electron chi connectivity index (χ2n) is 1.81. The van der Waals surface area contributed by atoms with Crippen LogP contribution in [0.2, 0.25) is 0 Å². The Bertz CT molecular complexity index is 101. The van der Waals surface area contributed by atoms with Crippen LogP contribution in [0.3, 0.4) is 0 Å². The van der Waals surface area contributed by atoms with Gasteiger partial charge in [-0.05, 0) is 6.92 Å². The maximum absolute atomic E-state index is 10.1. The van der Waals surface area contributed by atoms with Crippen molar-refractivity contribution in [1.29, 1.82) is 0 Å². The minimum Gasteiger partial charge on any atom is -0.463 e. The van der Waals surface area contributed by atoms with E-state index in [0.29, 0.717) is 6.61 Å². The molecule has 2 nitrogen and oxygen atoms in total. The third-order valence-corrected chi connectivity index (χ3v) is 0.807. The van der Waals surface area contributed by atoms with Gasteiger partial charge >= 0.3 is 24.8 Å². The number of carbonyl (C=O) groups excluding carboxylic acids is 1. The van der Waals surface area contributed by atoms with Gasteiger partial charge in [-0.25, -0.2) is 4.79 Å². The first-order chi connectivity index (χ1) is 5.22. The third-order valence-electron chi connectivity index (χ3n) is 0.807. The van der Waals surface area contributed by atoms with Crippen LogP contribution < -0.4 is 18.9 Å². The van der Waals surface area contributed by atoms with E-state index in [4.69, 9.17) is 0 Å². The van der Waals surface area contributed by atoms with Crippen LogP contribution in [0.4, 0.5) is 0 Å². The number of esters is 1. The van der Waals surface area contributed by atoms with E-state index >= 15 is 0 Å². The summed E-state index contributed by atoms with van der Waals surface area (Å²) in [4.78, 5) is 10.1.